The van der Waals surface area contributed by atoms with Crippen molar-refractivity contribution in [2.75, 3.05) is 25.0 Å². The largest absolute Gasteiger partial charge is 0.380 e. The van der Waals surface area contributed by atoms with Crippen LogP contribution in [0.5, 0.6) is 0 Å². The average molecular weight is 258 g/mol. The Balaban J connectivity index is 2.07. The lowest BCUT2D eigenvalue weighted by molar-refractivity contribution is 0.328. The summed E-state index contributed by atoms with van der Waals surface area (Å²) in [6.07, 6.45) is 2.62. The molecule has 19 heavy (non-hydrogen) atoms. The lowest BCUT2D eigenvalue weighted by Crippen LogP contribution is -2.33. The number of aryl methyl sites for hydroxylation is 2. The second kappa shape index (κ2) is 6.03. The van der Waals surface area contributed by atoms with Gasteiger partial charge < -0.3 is 10.2 Å². The van der Waals surface area contributed by atoms with Crippen LogP contribution >= 0.6 is 0 Å². The van der Waals surface area contributed by atoms with Crippen LogP contribution in [0.15, 0.2) is 6.07 Å². The highest BCUT2D eigenvalue weighted by atomic mass is 15.2. The van der Waals surface area contributed by atoms with Crippen molar-refractivity contribution >= 4 is 5.69 Å². The van der Waals surface area contributed by atoms with Crippen LogP contribution in [-0.4, -0.2) is 35.6 Å². The Labute approximate surface area is 115 Å². The average Bonchev–Trinajstić information content (AvgIpc) is 2.81. The number of pyridine rings is 1. The molecule has 1 aliphatic heterocycles. The molecule has 4 heteroatoms. The predicted octanol–water partition coefficient (Wildman–Crippen LogP) is 2.47. The summed E-state index contributed by atoms with van der Waals surface area (Å²) in [5, 5.41) is 12.7. The fourth-order valence-corrected chi connectivity index (χ4v) is 2.75. The first kappa shape index (κ1) is 13.8. The van der Waals surface area contributed by atoms with Gasteiger partial charge in [-0.05, 0) is 52.8 Å². The Kier molecular flexibility index (Phi) is 4.39. The normalized spacial score (nSPS) is 17.2. The molecule has 4 nitrogen and oxygen atoms in total. The van der Waals surface area contributed by atoms with Crippen LogP contribution in [-0.2, 0) is 0 Å². The van der Waals surface area contributed by atoms with E-state index in [1.807, 2.05) is 19.9 Å². The monoisotopic (exact) mass is 258 g/mol. The van der Waals surface area contributed by atoms with Crippen molar-refractivity contribution in [3.05, 3.63) is 23.0 Å². The minimum absolute atomic E-state index is 0.339. The van der Waals surface area contributed by atoms with E-state index in [0.717, 1.165) is 23.6 Å². The van der Waals surface area contributed by atoms with E-state index in [1.165, 1.54) is 25.9 Å². The van der Waals surface area contributed by atoms with E-state index in [9.17, 15) is 5.26 Å². The highest BCUT2D eigenvalue weighted by molar-refractivity contribution is 5.60. The SMILES string of the molecule is Cc1cc(NC(C)CN2CCCC2)c(C#N)c(C)n1. The van der Waals surface area contributed by atoms with Gasteiger partial charge in [-0.3, -0.25) is 4.98 Å². The standard InChI is InChI=1S/C15H22N4/c1-11-8-15(14(9-16)13(3)17-11)18-12(2)10-19-6-4-5-7-19/h8,12H,4-7,10H2,1-3H3,(H,17,18). The lowest BCUT2D eigenvalue weighted by atomic mass is 10.1. The summed E-state index contributed by atoms with van der Waals surface area (Å²) in [5.41, 5.74) is 3.34. The van der Waals surface area contributed by atoms with Gasteiger partial charge in [0.05, 0.1) is 16.9 Å². The van der Waals surface area contributed by atoms with Gasteiger partial charge in [-0.15, -0.1) is 0 Å². The van der Waals surface area contributed by atoms with Crippen molar-refractivity contribution in [2.45, 2.75) is 39.7 Å². The number of hydrogen-bond acceptors (Lipinski definition) is 4. The van der Waals surface area contributed by atoms with Crippen molar-refractivity contribution < 1.29 is 0 Å². The van der Waals surface area contributed by atoms with Gasteiger partial charge in [-0.2, -0.15) is 5.26 Å². The van der Waals surface area contributed by atoms with Crippen molar-refractivity contribution in [3.8, 4) is 6.07 Å². The fraction of sp³-hybridized carbons (Fsp3) is 0.600. The molecule has 1 N–H and O–H groups in total. The second-order valence-electron chi connectivity index (χ2n) is 5.44. The minimum Gasteiger partial charge on any atom is -0.380 e. The van der Waals surface area contributed by atoms with Gasteiger partial charge in [0, 0.05) is 18.3 Å². The molecule has 1 aliphatic rings. The summed E-state index contributed by atoms with van der Waals surface area (Å²) < 4.78 is 0. The van der Waals surface area contributed by atoms with Gasteiger partial charge in [0.2, 0.25) is 0 Å². The molecule has 0 spiro atoms. The Bertz CT molecular complexity index is 484. The summed E-state index contributed by atoms with van der Waals surface area (Å²) in [6.45, 7) is 9.46. The highest BCUT2D eigenvalue weighted by Crippen LogP contribution is 2.20. The number of nitrogens with zero attached hydrogens (tertiary/aromatic N) is 3. The first-order valence-corrected chi connectivity index (χ1v) is 6.97. The van der Waals surface area contributed by atoms with E-state index in [2.05, 4.69) is 28.2 Å². The number of hydrogen-bond donors (Lipinski definition) is 1. The van der Waals surface area contributed by atoms with Gasteiger partial charge in [-0.1, -0.05) is 0 Å². The van der Waals surface area contributed by atoms with Gasteiger partial charge in [0.15, 0.2) is 0 Å². The maximum absolute atomic E-state index is 9.25. The number of aromatic nitrogens is 1. The van der Waals surface area contributed by atoms with Crippen molar-refractivity contribution in [1.29, 1.82) is 5.26 Å². The Morgan fingerprint density at radius 2 is 2.11 bits per heavy atom. The van der Waals surface area contributed by atoms with E-state index in [0.29, 0.717) is 11.6 Å². The highest BCUT2D eigenvalue weighted by Gasteiger charge is 2.16. The zero-order valence-electron chi connectivity index (χ0n) is 12.0. The maximum Gasteiger partial charge on any atom is 0.103 e. The van der Waals surface area contributed by atoms with Crippen LogP contribution in [0, 0.1) is 25.2 Å². The summed E-state index contributed by atoms with van der Waals surface area (Å²) >= 11 is 0. The first-order valence-electron chi connectivity index (χ1n) is 6.97. The second-order valence-corrected chi connectivity index (χ2v) is 5.44. The summed E-state index contributed by atoms with van der Waals surface area (Å²) in [7, 11) is 0. The van der Waals surface area contributed by atoms with Crippen LogP contribution in [0.1, 0.15) is 36.7 Å². The van der Waals surface area contributed by atoms with E-state index in [-0.39, 0.29) is 0 Å². The Morgan fingerprint density at radius 3 is 2.74 bits per heavy atom. The molecule has 1 unspecified atom stereocenters. The molecule has 1 saturated heterocycles. The Hall–Kier alpha value is -1.60. The molecule has 0 saturated carbocycles. The number of nitrogens with one attached hydrogen (secondary N) is 1. The van der Waals surface area contributed by atoms with Gasteiger partial charge in [0.1, 0.15) is 6.07 Å². The molecule has 1 aromatic heterocycles. The lowest BCUT2D eigenvalue weighted by Gasteiger charge is -2.23. The molecule has 1 aromatic rings. The number of nitriles is 1. The van der Waals surface area contributed by atoms with E-state index >= 15 is 0 Å². The van der Waals surface area contributed by atoms with Gasteiger partial charge in [0.25, 0.3) is 0 Å². The molecule has 1 fully saturated rings. The van der Waals surface area contributed by atoms with Gasteiger partial charge in [-0.25, -0.2) is 0 Å². The molecule has 0 amide bonds. The third-order valence-electron chi connectivity index (χ3n) is 3.57. The summed E-state index contributed by atoms with van der Waals surface area (Å²) in [4.78, 5) is 6.82. The van der Waals surface area contributed by atoms with Crippen LogP contribution in [0.4, 0.5) is 5.69 Å². The number of anilines is 1. The van der Waals surface area contributed by atoms with E-state index < -0.39 is 0 Å². The van der Waals surface area contributed by atoms with Crippen LogP contribution in [0.25, 0.3) is 0 Å². The Morgan fingerprint density at radius 1 is 1.42 bits per heavy atom. The number of rotatable bonds is 4. The van der Waals surface area contributed by atoms with Crippen LogP contribution < -0.4 is 5.32 Å². The molecule has 0 aromatic carbocycles. The van der Waals surface area contributed by atoms with Gasteiger partial charge >= 0.3 is 0 Å². The minimum atomic E-state index is 0.339. The predicted molar refractivity (Wildman–Crippen MR) is 77.2 cm³/mol. The molecular weight excluding hydrogens is 236 g/mol. The molecule has 102 valence electrons. The zero-order chi connectivity index (χ0) is 13.8. The smallest absolute Gasteiger partial charge is 0.103 e. The zero-order valence-corrected chi connectivity index (χ0v) is 12.0. The van der Waals surface area contributed by atoms with Crippen molar-refractivity contribution in [2.24, 2.45) is 0 Å². The third-order valence-corrected chi connectivity index (χ3v) is 3.57. The van der Waals surface area contributed by atoms with Crippen LogP contribution in [0.3, 0.4) is 0 Å². The topological polar surface area (TPSA) is 52.0 Å². The quantitative estimate of drug-likeness (QED) is 0.901. The molecule has 0 aliphatic carbocycles. The number of likely N-dealkylation sites (tertiary alicyclic amines) is 1. The molecule has 1 atom stereocenters. The molecule has 2 rings (SSSR count). The van der Waals surface area contributed by atoms with E-state index in [4.69, 9.17) is 0 Å². The molecule has 2 heterocycles. The first-order chi connectivity index (χ1) is 9.10. The van der Waals surface area contributed by atoms with E-state index in [1.54, 1.807) is 0 Å². The summed E-state index contributed by atoms with van der Waals surface area (Å²) in [6, 6.07) is 4.56. The van der Waals surface area contributed by atoms with Crippen molar-refractivity contribution in [1.82, 2.24) is 9.88 Å². The molecule has 0 bridgehead atoms. The van der Waals surface area contributed by atoms with Crippen molar-refractivity contribution in [3.63, 3.8) is 0 Å². The maximum atomic E-state index is 9.25. The van der Waals surface area contributed by atoms with Crippen LogP contribution in [0.2, 0.25) is 0 Å². The summed E-state index contributed by atoms with van der Waals surface area (Å²) in [5.74, 6) is 0. The fourth-order valence-electron chi connectivity index (χ4n) is 2.75. The third kappa shape index (κ3) is 3.45. The molecule has 0 radical (unpaired) electrons. The molecular formula is C15H22N4.